The van der Waals surface area contributed by atoms with Crippen molar-refractivity contribution in [3.63, 3.8) is 0 Å². The van der Waals surface area contributed by atoms with Gasteiger partial charge in [-0.25, -0.2) is 0 Å². The van der Waals surface area contributed by atoms with Crippen molar-refractivity contribution in [2.24, 2.45) is 7.05 Å². The first-order valence-corrected chi connectivity index (χ1v) is 6.62. The zero-order valence-electron chi connectivity index (χ0n) is 10.1. The van der Waals surface area contributed by atoms with Crippen LogP contribution in [0.25, 0.3) is 0 Å². The highest BCUT2D eigenvalue weighted by Gasteiger charge is 2.09. The van der Waals surface area contributed by atoms with Crippen LogP contribution in [0.1, 0.15) is 11.6 Å². The van der Waals surface area contributed by atoms with E-state index in [0.29, 0.717) is 6.04 Å². The predicted octanol–water partition coefficient (Wildman–Crippen LogP) is 2.47. The molecule has 1 unspecified atom stereocenters. The van der Waals surface area contributed by atoms with E-state index < -0.39 is 0 Å². The van der Waals surface area contributed by atoms with Crippen molar-refractivity contribution >= 4 is 11.8 Å². The third-order valence-electron chi connectivity index (χ3n) is 2.65. The van der Waals surface area contributed by atoms with Gasteiger partial charge in [-0.2, -0.15) is 5.10 Å². The first-order valence-electron chi connectivity index (χ1n) is 5.63. The number of aromatic nitrogens is 2. The van der Waals surface area contributed by atoms with E-state index in [1.807, 2.05) is 49.0 Å². The number of hydrogen-bond donors (Lipinski definition) is 1. The van der Waals surface area contributed by atoms with E-state index in [-0.39, 0.29) is 0 Å². The average molecular weight is 247 g/mol. The van der Waals surface area contributed by atoms with Gasteiger partial charge in [0.25, 0.3) is 0 Å². The molecule has 0 radical (unpaired) electrons. The van der Waals surface area contributed by atoms with Crippen LogP contribution in [0.2, 0.25) is 0 Å². The molecule has 0 saturated carbocycles. The SMILES string of the molecule is CNC(CSc1cnn(C)c1)c1ccccc1. The first-order chi connectivity index (χ1) is 8.29. The van der Waals surface area contributed by atoms with E-state index in [9.17, 15) is 0 Å². The molecule has 0 aliphatic rings. The van der Waals surface area contributed by atoms with Gasteiger partial charge in [-0.05, 0) is 12.6 Å². The Balaban J connectivity index is 1.97. The van der Waals surface area contributed by atoms with Gasteiger partial charge in [-0.15, -0.1) is 11.8 Å². The maximum Gasteiger partial charge on any atom is 0.0625 e. The molecule has 3 nitrogen and oxygen atoms in total. The first kappa shape index (κ1) is 12.2. The molecular formula is C13H17N3S. The van der Waals surface area contributed by atoms with Gasteiger partial charge in [0.1, 0.15) is 0 Å². The molecule has 1 atom stereocenters. The molecule has 4 heteroatoms. The molecule has 17 heavy (non-hydrogen) atoms. The van der Waals surface area contributed by atoms with Crippen molar-refractivity contribution < 1.29 is 0 Å². The largest absolute Gasteiger partial charge is 0.312 e. The highest BCUT2D eigenvalue weighted by molar-refractivity contribution is 7.99. The van der Waals surface area contributed by atoms with E-state index in [1.54, 1.807) is 0 Å². The Morgan fingerprint density at radius 2 is 2.12 bits per heavy atom. The Kier molecular flexibility index (Phi) is 4.23. The summed E-state index contributed by atoms with van der Waals surface area (Å²) in [5, 5.41) is 7.52. The molecular weight excluding hydrogens is 230 g/mol. The Labute approximate surface area is 106 Å². The van der Waals surface area contributed by atoms with Crippen LogP contribution >= 0.6 is 11.8 Å². The molecule has 1 aromatic carbocycles. The smallest absolute Gasteiger partial charge is 0.0625 e. The van der Waals surface area contributed by atoms with Crippen LogP contribution in [0.15, 0.2) is 47.6 Å². The molecule has 1 heterocycles. The van der Waals surface area contributed by atoms with Gasteiger partial charge in [-0.3, -0.25) is 4.68 Å². The van der Waals surface area contributed by atoms with Crippen molar-refractivity contribution in [3.8, 4) is 0 Å². The maximum absolute atomic E-state index is 4.17. The fourth-order valence-electron chi connectivity index (χ4n) is 1.68. The van der Waals surface area contributed by atoms with Crippen LogP contribution in [-0.2, 0) is 7.05 Å². The fourth-order valence-corrected chi connectivity index (χ4v) is 2.75. The summed E-state index contributed by atoms with van der Waals surface area (Å²) in [7, 11) is 3.94. The summed E-state index contributed by atoms with van der Waals surface area (Å²) >= 11 is 1.82. The lowest BCUT2D eigenvalue weighted by atomic mass is 10.1. The number of nitrogens with zero attached hydrogens (tertiary/aromatic N) is 2. The van der Waals surface area contributed by atoms with Crippen LogP contribution < -0.4 is 5.32 Å². The van der Waals surface area contributed by atoms with Gasteiger partial charge in [0.15, 0.2) is 0 Å². The van der Waals surface area contributed by atoms with Crippen LogP contribution in [0.4, 0.5) is 0 Å². The van der Waals surface area contributed by atoms with Gasteiger partial charge in [0.2, 0.25) is 0 Å². The molecule has 2 aromatic rings. The molecule has 90 valence electrons. The monoisotopic (exact) mass is 247 g/mol. The van der Waals surface area contributed by atoms with E-state index in [0.717, 1.165) is 5.75 Å². The maximum atomic E-state index is 4.17. The lowest BCUT2D eigenvalue weighted by Gasteiger charge is -2.15. The third kappa shape index (κ3) is 3.35. The fraction of sp³-hybridized carbons (Fsp3) is 0.308. The molecule has 0 aliphatic carbocycles. The van der Waals surface area contributed by atoms with Crippen molar-refractivity contribution in [2.75, 3.05) is 12.8 Å². The van der Waals surface area contributed by atoms with Gasteiger partial charge in [0, 0.05) is 29.9 Å². The molecule has 1 N–H and O–H groups in total. The van der Waals surface area contributed by atoms with Crippen LogP contribution in [0, 0.1) is 0 Å². The lowest BCUT2D eigenvalue weighted by molar-refractivity contribution is 0.662. The highest BCUT2D eigenvalue weighted by Crippen LogP contribution is 2.23. The molecule has 0 saturated heterocycles. The summed E-state index contributed by atoms with van der Waals surface area (Å²) in [5.41, 5.74) is 1.33. The van der Waals surface area contributed by atoms with E-state index in [4.69, 9.17) is 0 Å². The average Bonchev–Trinajstić information content (AvgIpc) is 2.77. The Bertz CT molecular complexity index is 453. The Morgan fingerprint density at radius 3 is 2.71 bits per heavy atom. The molecule has 0 aliphatic heterocycles. The summed E-state index contributed by atoms with van der Waals surface area (Å²) in [4.78, 5) is 1.21. The summed E-state index contributed by atoms with van der Waals surface area (Å²) < 4.78 is 1.83. The molecule has 1 aromatic heterocycles. The van der Waals surface area contributed by atoms with Crippen molar-refractivity contribution in [2.45, 2.75) is 10.9 Å². The van der Waals surface area contributed by atoms with Crippen molar-refractivity contribution in [1.29, 1.82) is 0 Å². The third-order valence-corrected chi connectivity index (χ3v) is 3.69. The molecule has 0 fully saturated rings. The van der Waals surface area contributed by atoms with Gasteiger partial charge in [0.05, 0.1) is 6.20 Å². The second-order valence-electron chi connectivity index (χ2n) is 3.91. The zero-order chi connectivity index (χ0) is 12.1. The number of hydrogen-bond acceptors (Lipinski definition) is 3. The molecule has 0 amide bonds. The summed E-state index contributed by atoms with van der Waals surface area (Å²) in [5.74, 6) is 1.01. The summed E-state index contributed by atoms with van der Waals surface area (Å²) in [6.45, 7) is 0. The second kappa shape index (κ2) is 5.89. The standard InChI is InChI=1S/C13H17N3S/c1-14-13(11-6-4-3-5-7-11)10-17-12-8-15-16(2)9-12/h3-9,13-14H,10H2,1-2H3. The molecule has 2 rings (SSSR count). The Hall–Kier alpha value is -1.26. The van der Waals surface area contributed by atoms with E-state index in [2.05, 4.69) is 34.7 Å². The Morgan fingerprint density at radius 1 is 1.35 bits per heavy atom. The van der Waals surface area contributed by atoms with Gasteiger partial charge < -0.3 is 5.32 Å². The lowest BCUT2D eigenvalue weighted by Crippen LogP contribution is -2.18. The molecule has 0 bridgehead atoms. The zero-order valence-corrected chi connectivity index (χ0v) is 10.9. The number of aryl methyl sites for hydroxylation is 1. The number of thioether (sulfide) groups is 1. The summed E-state index contributed by atoms with van der Waals surface area (Å²) in [6.07, 6.45) is 3.95. The number of rotatable bonds is 5. The van der Waals surface area contributed by atoms with Crippen molar-refractivity contribution in [1.82, 2.24) is 15.1 Å². The predicted molar refractivity (Wildman–Crippen MR) is 72.2 cm³/mol. The highest BCUT2D eigenvalue weighted by atomic mass is 32.2. The minimum atomic E-state index is 0.376. The van der Waals surface area contributed by atoms with Crippen molar-refractivity contribution in [3.05, 3.63) is 48.3 Å². The minimum Gasteiger partial charge on any atom is -0.312 e. The van der Waals surface area contributed by atoms with Crippen LogP contribution in [0.5, 0.6) is 0 Å². The molecule has 0 spiro atoms. The van der Waals surface area contributed by atoms with Crippen LogP contribution in [-0.4, -0.2) is 22.6 Å². The van der Waals surface area contributed by atoms with Gasteiger partial charge in [-0.1, -0.05) is 30.3 Å². The quantitative estimate of drug-likeness (QED) is 0.823. The number of nitrogens with one attached hydrogen (secondary N) is 1. The topological polar surface area (TPSA) is 29.9 Å². The summed E-state index contributed by atoms with van der Waals surface area (Å²) in [6, 6.07) is 10.9. The van der Waals surface area contributed by atoms with E-state index >= 15 is 0 Å². The number of benzene rings is 1. The van der Waals surface area contributed by atoms with Gasteiger partial charge >= 0.3 is 0 Å². The van der Waals surface area contributed by atoms with E-state index in [1.165, 1.54) is 10.5 Å². The second-order valence-corrected chi connectivity index (χ2v) is 5.01. The normalized spacial score (nSPS) is 12.6. The van der Waals surface area contributed by atoms with Crippen LogP contribution in [0.3, 0.4) is 0 Å². The minimum absolute atomic E-state index is 0.376.